The molecule has 1 atom stereocenters. The van der Waals surface area contributed by atoms with E-state index in [1.165, 1.54) is 16.9 Å². The van der Waals surface area contributed by atoms with Gasteiger partial charge in [-0.15, -0.1) is 11.3 Å². The van der Waals surface area contributed by atoms with Crippen LogP contribution in [-0.4, -0.2) is 10.1 Å². The maximum absolute atomic E-state index is 9.76. The highest BCUT2D eigenvalue weighted by molar-refractivity contribution is 7.08. The van der Waals surface area contributed by atoms with Crippen LogP contribution < -0.4 is 0 Å². The predicted octanol–water partition coefficient (Wildman–Crippen LogP) is 2.87. The Balaban J connectivity index is 1.87. The summed E-state index contributed by atoms with van der Waals surface area (Å²) in [5, 5.41) is 15.8. The molecule has 0 aliphatic rings. The van der Waals surface area contributed by atoms with E-state index < -0.39 is 6.10 Å². The molecule has 0 spiro atoms. The number of aromatic nitrogens is 1. The van der Waals surface area contributed by atoms with Gasteiger partial charge in [-0.1, -0.05) is 0 Å². The molecule has 0 radical (unpaired) electrons. The summed E-state index contributed by atoms with van der Waals surface area (Å²) >= 11 is 3.22. The van der Waals surface area contributed by atoms with Crippen LogP contribution in [-0.2, 0) is 6.42 Å². The fourth-order valence-electron chi connectivity index (χ4n) is 1.27. The van der Waals surface area contributed by atoms with Crippen LogP contribution in [0.25, 0.3) is 0 Å². The van der Waals surface area contributed by atoms with E-state index >= 15 is 0 Å². The van der Waals surface area contributed by atoms with Gasteiger partial charge in [0.05, 0.1) is 17.3 Å². The number of thiophene rings is 1. The third-order valence-electron chi connectivity index (χ3n) is 2.08. The molecule has 2 aromatic rings. The molecule has 2 heterocycles. The van der Waals surface area contributed by atoms with Gasteiger partial charge < -0.3 is 5.11 Å². The van der Waals surface area contributed by atoms with Gasteiger partial charge in [-0.25, -0.2) is 4.98 Å². The fraction of sp³-hybridized carbons (Fsp3) is 0.300. The minimum atomic E-state index is -0.416. The summed E-state index contributed by atoms with van der Waals surface area (Å²) in [4.78, 5) is 4.09. The van der Waals surface area contributed by atoms with Gasteiger partial charge in [0, 0.05) is 5.38 Å². The van der Waals surface area contributed by atoms with Crippen LogP contribution in [0, 0.1) is 0 Å². The molecule has 0 saturated heterocycles. The van der Waals surface area contributed by atoms with Crippen molar-refractivity contribution in [2.75, 3.05) is 0 Å². The number of thiazole rings is 1. The lowest BCUT2D eigenvalue weighted by Gasteiger charge is -2.05. The summed E-state index contributed by atoms with van der Waals surface area (Å²) in [5.74, 6) is 0. The Labute approximate surface area is 90.9 Å². The van der Waals surface area contributed by atoms with Crippen LogP contribution in [0.5, 0.6) is 0 Å². The van der Waals surface area contributed by atoms with Crippen molar-refractivity contribution in [2.24, 2.45) is 0 Å². The molecule has 2 aromatic heterocycles. The van der Waals surface area contributed by atoms with E-state index in [1.54, 1.807) is 16.8 Å². The molecule has 2 rings (SSSR count). The second-order valence-electron chi connectivity index (χ2n) is 3.10. The molecule has 74 valence electrons. The molecule has 0 aromatic carbocycles. The van der Waals surface area contributed by atoms with E-state index in [4.69, 9.17) is 0 Å². The van der Waals surface area contributed by atoms with E-state index in [-0.39, 0.29) is 0 Å². The first-order chi connectivity index (χ1) is 6.86. The van der Waals surface area contributed by atoms with Crippen molar-refractivity contribution in [3.8, 4) is 0 Å². The smallest absolute Gasteiger partial charge is 0.0971 e. The predicted molar refractivity (Wildman–Crippen MR) is 59.7 cm³/mol. The standard InChI is InChI=1S/C10H11NOS2/c12-10(9-6-14-7-11-9)2-1-8-3-4-13-5-8/h3-7,10,12H,1-2H2. The van der Waals surface area contributed by atoms with Gasteiger partial charge in [-0.05, 0) is 35.2 Å². The summed E-state index contributed by atoms with van der Waals surface area (Å²) < 4.78 is 0. The highest BCUT2D eigenvalue weighted by Gasteiger charge is 2.09. The van der Waals surface area contributed by atoms with Gasteiger partial charge in [-0.3, -0.25) is 0 Å². The van der Waals surface area contributed by atoms with Crippen LogP contribution >= 0.6 is 22.7 Å². The topological polar surface area (TPSA) is 33.1 Å². The first kappa shape index (κ1) is 9.83. The Morgan fingerprint density at radius 1 is 1.36 bits per heavy atom. The highest BCUT2D eigenvalue weighted by Crippen LogP contribution is 2.19. The Kier molecular flexibility index (Phi) is 3.29. The lowest BCUT2D eigenvalue weighted by molar-refractivity contribution is 0.164. The van der Waals surface area contributed by atoms with Crippen LogP contribution in [0.15, 0.2) is 27.7 Å². The third kappa shape index (κ3) is 2.41. The molecule has 0 saturated carbocycles. The molecule has 0 aliphatic heterocycles. The third-order valence-corrected chi connectivity index (χ3v) is 3.42. The van der Waals surface area contributed by atoms with E-state index in [1.807, 2.05) is 5.38 Å². The second kappa shape index (κ2) is 4.68. The summed E-state index contributed by atoms with van der Waals surface area (Å²) in [6, 6.07) is 2.10. The summed E-state index contributed by atoms with van der Waals surface area (Å²) in [5.41, 5.74) is 3.85. The maximum Gasteiger partial charge on any atom is 0.0971 e. The number of hydrogen-bond donors (Lipinski definition) is 1. The number of aliphatic hydroxyl groups is 1. The van der Waals surface area contributed by atoms with E-state index in [0.29, 0.717) is 0 Å². The number of aliphatic hydroxyl groups excluding tert-OH is 1. The van der Waals surface area contributed by atoms with Crippen molar-refractivity contribution in [3.05, 3.63) is 39.0 Å². The molecular formula is C10H11NOS2. The molecule has 4 heteroatoms. The number of nitrogens with zero attached hydrogens (tertiary/aromatic N) is 1. The quantitative estimate of drug-likeness (QED) is 0.868. The molecule has 0 aliphatic carbocycles. The molecule has 0 bridgehead atoms. The van der Waals surface area contributed by atoms with Crippen molar-refractivity contribution in [3.63, 3.8) is 0 Å². The highest BCUT2D eigenvalue weighted by atomic mass is 32.1. The van der Waals surface area contributed by atoms with Crippen LogP contribution in [0.2, 0.25) is 0 Å². The zero-order valence-corrected chi connectivity index (χ0v) is 9.22. The van der Waals surface area contributed by atoms with E-state index in [0.717, 1.165) is 18.5 Å². The van der Waals surface area contributed by atoms with Gasteiger partial charge in [0.2, 0.25) is 0 Å². The van der Waals surface area contributed by atoms with E-state index in [2.05, 4.69) is 21.8 Å². The molecule has 14 heavy (non-hydrogen) atoms. The Morgan fingerprint density at radius 3 is 2.93 bits per heavy atom. The summed E-state index contributed by atoms with van der Waals surface area (Å²) in [6.45, 7) is 0. The lowest BCUT2D eigenvalue weighted by atomic mass is 10.1. The molecule has 0 fully saturated rings. The first-order valence-electron chi connectivity index (χ1n) is 4.43. The van der Waals surface area contributed by atoms with Gasteiger partial charge in [0.25, 0.3) is 0 Å². The molecule has 1 N–H and O–H groups in total. The van der Waals surface area contributed by atoms with Gasteiger partial charge in [0.1, 0.15) is 0 Å². The number of aryl methyl sites for hydroxylation is 1. The molecule has 0 amide bonds. The summed E-state index contributed by atoms with van der Waals surface area (Å²) in [7, 11) is 0. The minimum Gasteiger partial charge on any atom is -0.387 e. The van der Waals surface area contributed by atoms with Crippen LogP contribution in [0.1, 0.15) is 23.8 Å². The average Bonchev–Trinajstić information content (AvgIpc) is 2.87. The van der Waals surface area contributed by atoms with Gasteiger partial charge in [-0.2, -0.15) is 11.3 Å². The van der Waals surface area contributed by atoms with E-state index in [9.17, 15) is 5.11 Å². The summed E-state index contributed by atoms with van der Waals surface area (Å²) in [6.07, 6.45) is 1.25. The molecule has 1 unspecified atom stereocenters. The number of hydrogen-bond acceptors (Lipinski definition) is 4. The number of rotatable bonds is 4. The van der Waals surface area contributed by atoms with Gasteiger partial charge >= 0.3 is 0 Å². The van der Waals surface area contributed by atoms with Crippen molar-refractivity contribution in [2.45, 2.75) is 18.9 Å². The van der Waals surface area contributed by atoms with Crippen molar-refractivity contribution in [1.82, 2.24) is 4.98 Å². The van der Waals surface area contributed by atoms with Crippen molar-refractivity contribution >= 4 is 22.7 Å². The average molecular weight is 225 g/mol. The van der Waals surface area contributed by atoms with Crippen LogP contribution in [0.4, 0.5) is 0 Å². The largest absolute Gasteiger partial charge is 0.387 e. The SMILES string of the molecule is OC(CCc1ccsc1)c1cscn1. The van der Waals surface area contributed by atoms with Crippen LogP contribution in [0.3, 0.4) is 0 Å². The zero-order valence-electron chi connectivity index (χ0n) is 7.59. The van der Waals surface area contributed by atoms with Crippen molar-refractivity contribution < 1.29 is 5.11 Å². The maximum atomic E-state index is 9.76. The Hall–Kier alpha value is -0.710. The monoisotopic (exact) mass is 225 g/mol. The Morgan fingerprint density at radius 2 is 2.29 bits per heavy atom. The zero-order chi connectivity index (χ0) is 9.80. The van der Waals surface area contributed by atoms with Gasteiger partial charge in [0.15, 0.2) is 0 Å². The second-order valence-corrected chi connectivity index (χ2v) is 4.60. The molecule has 2 nitrogen and oxygen atoms in total. The first-order valence-corrected chi connectivity index (χ1v) is 6.32. The fourth-order valence-corrected chi connectivity index (χ4v) is 2.58. The van der Waals surface area contributed by atoms with Crippen molar-refractivity contribution in [1.29, 1.82) is 0 Å². The Bertz CT molecular complexity index is 355. The molecular weight excluding hydrogens is 214 g/mol. The normalized spacial score (nSPS) is 12.9. The lowest BCUT2D eigenvalue weighted by Crippen LogP contribution is -1.99. The minimum absolute atomic E-state index is 0.416.